The van der Waals surface area contributed by atoms with Crippen molar-refractivity contribution in [3.63, 3.8) is 0 Å². The van der Waals surface area contributed by atoms with Crippen molar-refractivity contribution in [2.45, 2.75) is 38.6 Å². The number of aryl methyl sites for hydroxylation is 1. The highest BCUT2D eigenvalue weighted by Crippen LogP contribution is 2.38. The van der Waals surface area contributed by atoms with Crippen LogP contribution in [0, 0.1) is 11.8 Å². The zero-order valence-corrected chi connectivity index (χ0v) is 22.3. The zero-order valence-electron chi connectivity index (χ0n) is 22.3. The highest BCUT2D eigenvalue weighted by atomic mass is 16.5. The molecule has 0 unspecified atom stereocenters. The standard InChI is InChI=1S/C30H36N6O2/c1-37-26-13-25(14-27(16-26)38-2)36(19-22-3-4-22)24-5-6-28-29(15-24)34-30(18-32-28)23-17-33-35(20-23)12-9-21-7-10-31-11-8-21/h5-6,13-18,20-22,31H,3-4,7-12,19H2,1-2H3. The molecule has 1 saturated carbocycles. The van der Waals surface area contributed by atoms with Crippen molar-refractivity contribution in [3.05, 3.63) is 55.0 Å². The van der Waals surface area contributed by atoms with Gasteiger partial charge in [-0.2, -0.15) is 5.10 Å². The molecule has 2 aliphatic rings. The minimum atomic E-state index is 0.691. The van der Waals surface area contributed by atoms with Crippen molar-refractivity contribution in [2.75, 3.05) is 38.8 Å². The van der Waals surface area contributed by atoms with Crippen molar-refractivity contribution in [1.82, 2.24) is 25.1 Å². The molecule has 38 heavy (non-hydrogen) atoms. The van der Waals surface area contributed by atoms with Gasteiger partial charge in [0, 0.05) is 54.4 Å². The number of anilines is 2. The summed E-state index contributed by atoms with van der Waals surface area (Å²) in [4.78, 5) is 12.1. The van der Waals surface area contributed by atoms with Crippen LogP contribution in [0.5, 0.6) is 11.5 Å². The summed E-state index contributed by atoms with van der Waals surface area (Å²) in [5.74, 6) is 3.03. The normalized spacial score (nSPS) is 16.1. The van der Waals surface area contributed by atoms with E-state index in [2.05, 4.69) is 51.8 Å². The van der Waals surface area contributed by atoms with Crippen molar-refractivity contribution < 1.29 is 9.47 Å². The number of methoxy groups -OCH3 is 2. The van der Waals surface area contributed by atoms with E-state index in [1.807, 2.05) is 23.1 Å². The molecule has 0 atom stereocenters. The Balaban J connectivity index is 1.27. The van der Waals surface area contributed by atoms with Gasteiger partial charge in [-0.3, -0.25) is 9.67 Å². The summed E-state index contributed by atoms with van der Waals surface area (Å²) in [6, 6.07) is 12.4. The van der Waals surface area contributed by atoms with Crippen LogP contribution in [-0.2, 0) is 6.54 Å². The maximum absolute atomic E-state index is 5.55. The number of hydrogen-bond acceptors (Lipinski definition) is 7. The fourth-order valence-corrected chi connectivity index (χ4v) is 5.28. The van der Waals surface area contributed by atoms with Crippen molar-refractivity contribution in [3.8, 4) is 22.8 Å². The molecule has 1 aliphatic heterocycles. The van der Waals surface area contributed by atoms with E-state index in [0.29, 0.717) is 5.92 Å². The van der Waals surface area contributed by atoms with Gasteiger partial charge in [-0.25, -0.2) is 4.98 Å². The molecule has 3 heterocycles. The summed E-state index contributed by atoms with van der Waals surface area (Å²) in [6.07, 6.45) is 12.1. The number of fused-ring (bicyclic) bond motifs is 1. The number of rotatable bonds is 10. The van der Waals surface area contributed by atoms with Crippen molar-refractivity contribution in [2.24, 2.45) is 11.8 Å². The molecule has 0 bridgehead atoms. The minimum Gasteiger partial charge on any atom is -0.497 e. The number of nitrogens with one attached hydrogen (secondary N) is 1. The Morgan fingerprint density at radius 1 is 0.895 bits per heavy atom. The van der Waals surface area contributed by atoms with Crippen LogP contribution in [0.4, 0.5) is 11.4 Å². The molecule has 4 aromatic rings. The number of ether oxygens (including phenoxy) is 2. The Hall–Kier alpha value is -3.65. The monoisotopic (exact) mass is 512 g/mol. The summed E-state index contributed by atoms with van der Waals surface area (Å²) in [5, 5.41) is 8.06. The first-order valence-corrected chi connectivity index (χ1v) is 13.7. The molecule has 1 N–H and O–H groups in total. The van der Waals surface area contributed by atoms with Gasteiger partial charge in [-0.1, -0.05) is 0 Å². The first kappa shape index (κ1) is 24.7. The lowest BCUT2D eigenvalue weighted by atomic mass is 9.95. The Labute approximate surface area is 224 Å². The predicted octanol–water partition coefficient (Wildman–Crippen LogP) is 5.45. The molecule has 8 nitrogen and oxygen atoms in total. The lowest BCUT2D eigenvalue weighted by Crippen LogP contribution is -2.28. The van der Waals surface area contributed by atoms with Crippen LogP contribution in [0.3, 0.4) is 0 Å². The molecular weight excluding hydrogens is 476 g/mol. The summed E-state index contributed by atoms with van der Waals surface area (Å²) in [7, 11) is 3.37. The van der Waals surface area contributed by atoms with Crippen LogP contribution < -0.4 is 19.7 Å². The van der Waals surface area contributed by atoms with E-state index in [1.54, 1.807) is 14.2 Å². The van der Waals surface area contributed by atoms with Gasteiger partial charge < -0.3 is 19.7 Å². The number of piperidine rings is 1. The molecule has 1 aliphatic carbocycles. The maximum atomic E-state index is 5.55. The molecule has 2 aromatic carbocycles. The van der Waals surface area contributed by atoms with Gasteiger partial charge in [0.05, 0.1) is 43.3 Å². The molecule has 0 radical (unpaired) electrons. The molecule has 8 heteroatoms. The van der Waals surface area contributed by atoms with Gasteiger partial charge in [0.15, 0.2) is 0 Å². The largest absolute Gasteiger partial charge is 0.497 e. The van der Waals surface area contributed by atoms with Crippen LogP contribution in [0.15, 0.2) is 55.0 Å². The van der Waals surface area contributed by atoms with Crippen LogP contribution in [0.2, 0.25) is 0 Å². The summed E-state index contributed by atoms with van der Waals surface area (Å²) < 4.78 is 13.2. The SMILES string of the molecule is COc1cc(OC)cc(N(CC2CC2)c2ccc3ncc(-c4cnn(CCC5CCNCC5)c4)nc3c2)c1. The van der Waals surface area contributed by atoms with Gasteiger partial charge in [0.2, 0.25) is 0 Å². The lowest BCUT2D eigenvalue weighted by Gasteiger charge is -2.26. The quantitative estimate of drug-likeness (QED) is 0.303. The number of aromatic nitrogens is 4. The Kier molecular flexibility index (Phi) is 7.14. The Morgan fingerprint density at radius 3 is 2.42 bits per heavy atom. The van der Waals surface area contributed by atoms with Gasteiger partial charge >= 0.3 is 0 Å². The molecule has 0 amide bonds. The van der Waals surface area contributed by atoms with E-state index >= 15 is 0 Å². The average molecular weight is 513 g/mol. The first-order chi connectivity index (χ1) is 18.7. The van der Waals surface area contributed by atoms with E-state index < -0.39 is 0 Å². The minimum absolute atomic E-state index is 0.691. The second-order valence-corrected chi connectivity index (χ2v) is 10.5. The fourth-order valence-electron chi connectivity index (χ4n) is 5.28. The lowest BCUT2D eigenvalue weighted by molar-refractivity contribution is 0.332. The van der Waals surface area contributed by atoms with Crippen LogP contribution in [-0.4, -0.2) is 53.6 Å². The molecule has 2 fully saturated rings. The van der Waals surface area contributed by atoms with Gasteiger partial charge in [-0.05, 0) is 75.2 Å². The number of nitrogens with zero attached hydrogens (tertiary/aromatic N) is 5. The molecule has 1 saturated heterocycles. The Bertz CT molecular complexity index is 1370. The second-order valence-electron chi connectivity index (χ2n) is 10.5. The van der Waals surface area contributed by atoms with Crippen molar-refractivity contribution >= 4 is 22.4 Å². The smallest absolute Gasteiger partial charge is 0.124 e. The topological polar surface area (TPSA) is 77.3 Å². The average Bonchev–Trinajstić information content (AvgIpc) is 3.68. The number of hydrogen-bond donors (Lipinski definition) is 1. The third-order valence-corrected chi connectivity index (χ3v) is 7.78. The molecule has 2 aromatic heterocycles. The predicted molar refractivity (Wildman–Crippen MR) is 150 cm³/mol. The molecular formula is C30H36N6O2. The van der Waals surface area contributed by atoms with Crippen molar-refractivity contribution in [1.29, 1.82) is 0 Å². The van der Waals surface area contributed by atoms with E-state index in [-0.39, 0.29) is 0 Å². The van der Waals surface area contributed by atoms with E-state index in [0.717, 1.165) is 77.3 Å². The maximum Gasteiger partial charge on any atom is 0.124 e. The van der Waals surface area contributed by atoms with Gasteiger partial charge in [-0.15, -0.1) is 0 Å². The van der Waals surface area contributed by atoms with Crippen LogP contribution in [0.25, 0.3) is 22.3 Å². The Morgan fingerprint density at radius 2 is 1.68 bits per heavy atom. The second kappa shape index (κ2) is 11.0. The van der Waals surface area contributed by atoms with E-state index in [9.17, 15) is 0 Å². The molecule has 0 spiro atoms. The highest BCUT2D eigenvalue weighted by molar-refractivity contribution is 5.82. The molecule has 198 valence electrons. The van der Waals surface area contributed by atoms with Gasteiger partial charge in [0.25, 0.3) is 0 Å². The van der Waals surface area contributed by atoms with Gasteiger partial charge in [0.1, 0.15) is 11.5 Å². The number of benzene rings is 2. The molecule has 6 rings (SSSR count). The third kappa shape index (κ3) is 5.60. The van der Waals surface area contributed by atoms with Crippen LogP contribution in [0.1, 0.15) is 32.1 Å². The van der Waals surface area contributed by atoms with E-state index in [4.69, 9.17) is 19.4 Å². The highest BCUT2D eigenvalue weighted by Gasteiger charge is 2.26. The first-order valence-electron chi connectivity index (χ1n) is 13.7. The fraction of sp³-hybridized carbons (Fsp3) is 0.433. The summed E-state index contributed by atoms with van der Waals surface area (Å²) in [6.45, 7) is 4.15. The van der Waals surface area contributed by atoms with E-state index in [1.165, 1.54) is 32.1 Å². The summed E-state index contributed by atoms with van der Waals surface area (Å²) in [5.41, 5.74) is 5.74. The van der Waals surface area contributed by atoms with Crippen LogP contribution >= 0.6 is 0 Å². The third-order valence-electron chi connectivity index (χ3n) is 7.78. The summed E-state index contributed by atoms with van der Waals surface area (Å²) >= 11 is 0. The zero-order chi connectivity index (χ0) is 25.9.